The molecule has 0 radical (unpaired) electrons. The summed E-state index contributed by atoms with van der Waals surface area (Å²) in [5.41, 5.74) is 1.94. The highest BCUT2D eigenvalue weighted by atomic mass is 35.5. The molecule has 6 nitrogen and oxygen atoms in total. The van der Waals surface area contributed by atoms with Gasteiger partial charge in [0.1, 0.15) is 10.7 Å². The van der Waals surface area contributed by atoms with Gasteiger partial charge in [-0.3, -0.25) is 14.6 Å². The predicted molar refractivity (Wildman–Crippen MR) is 99.1 cm³/mol. The molecule has 0 aliphatic carbocycles. The van der Waals surface area contributed by atoms with Crippen LogP contribution in [0.25, 0.3) is 10.7 Å². The number of nitrogens with one attached hydrogen (secondary N) is 2. The number of thiazole rings is 1. The molecule has 0 atom stereocenters. The summed E-state index contributed by atoms with van der Waals surface area (Å²) in [6.45, 7) is 1.38. The maximum absolute atomic E-state index is 12.4. The molecule has 2 N–H and O–H groups in total. The zero-order chi connectivity index (χ0) is 17.8. The summed E-state index contributed by atoms with van der Waals surface area (Å²) in [5, 5.41) is 8.07. The molecule has 0 unspecified atom stereocenters. The van der Waals surface area contributed by atoms with Crippen molar-refractivity contribution in [3.8, 4) is 10.7 Å². The minimum Gasteiger partial charge on any atom is -0.325 e. The molecular weight excluding hydrogens is 360 g/mol. The van der Waals surface area contributed by atoms with Gasteiger partial charge in [0.15, 0.2) is 0 Å². The summed E-state index contributed by atoms with van der Waals surface area (Å²) in [6, 6.07) is 10.4. The Bertz CT molecular complexity index is 927. The van der Waals surface area contributed by atoms with Crippen molar-refractivity contribution in [2.45, 2.75) is 6.92 Å². The Kier molecular flexibility index (Phi) is 5.06. The highest BCUT2D eigenvalue weighted by Crippen LogP contribution is 2.26. The van der Waals surface area contributed by atoms with Crippen LogP contribution in [-0.2, 0) is 4.79 Å². The predicted octanol–water partition coefficient (Wildman–Crippen LogP) is 4.07. The van der Waals surface area contributed by atoms with Crippen molar-refractivity contribution in [1.82, 2.24) is 9.97 Å². The van der Waals surface area contributed by atoms with Gasteiger partial charge in [-0.05, 0) is 30.3 Å². The Labute approximate surface area is 152 Å². The van der Waals surface area contributed by atoms with E-state index >= 15 is 0 Å². The first-order valence-corrected chi connectivity index (χ1v) is 8.54. The smallest absolute Gasteiger partial charge is 0.275 e. The quantitative estimate of drug-likeness (QED) is 0.723. The van der Waals surface area contributed by atoms with E-state index in [-0.39, 0.29) is 11.8 Å². The topological polar surface area (TPSA) is 84.0 Å². The Morgan fingerprint density at radius 3 is 2.72 bits per heavy atom. The molecule has 2 amide bonds. The molecule has 0 saturated heterocycles. The van der Waals surface area contributed by atoms with E-state index in [9.17, 15) is 9.59 Å². The number of benzene rings is 1. The molecule has 3 aromatic rings. The molecular formula is C17H13ClN4O2S. The van der Waals surface area contributed by atoms with Gasteiger partial charge in [0.2, 0.25) is 5.91 Å². The fourth-order valence-electron chi connectivity index (χ4n) is 2.07. The minimum atomic E-state index is -0.352. The van der Waals surface area contributed by atoms with Crippen LogP contribution in [0.1, 0.15) is 17.4 Å². The van der Waals surface area contributed by atoms with Gasteiger partial charge >= 0.3 is 0 Å². The number of hydrogen-bond acceptors (Lipinski definition) is 5. The lowest BCUT2D eigenvalue weighted by Crippen LogP contribution is -2.13. The van der Waals surface area contributed by atoms with Crippen LogP contribution in [0.2, 0.25) is 5.02 Å². The summed E-state index contributed by atoms with van der Waals surface area (Å²) in [5.74, 6) is -0.598. The van der Waals surface area contributed by atoms with E-state index in [1.165, 1.54) is 18.3 Å². The number of carbonyl (C=O) groups excluding carboxylic acids is 2. The third kappa shape index (κ3) is 4.20. The normalized spacial score (nSPS) is 10.3. The highest BCUT2D eigenvalue weighted by molar-refractivity contribution is 7.13. The molecule has 1 aromatic carbocycles. The number of nitrogens with zero attached hydrogens (tertiary/aromatic N) is 2. The molecule has 0 spiro atoms. The second kappa shape index (κ2) is 7.42. The summed E-state index contributed by atoms with van der Waals surface area (Å²) in [4.78, 5) is 32.1. The molecule has 0 bridgehead atoms. The third-order valence-corrected chi connectivity index (χ3v) is 4.35. The van der Waals surface area contributed by atoms with E-state index in [1.54, 1.807) is 29.8 Å². The average molecular weight is 373 g/mol. The molecule has 126 valence electrons. The van der Waals surface area contributed by atoms with E-state index in [2.05, 4.69) is 20.6 Å². The number of aromatic nitrogens is 2. The highest BCUT2D eigenvalue weighted by Gasteiger charge is 2.13. The van der Waals surface area contributed by atoms with Crippen molar-refractivity contribution in [3.05, 3.63) is 58.7 Å². The zero-order valence-electron chi connectivity index (χ0n) is 13.1. The molecule has 3 rings (SSSR count). The van der Waals surface area contributed by atoms with Gasteiger partial charge < -0.3 is 10.6 Å². The van der Waals surface area contributed by atoms with Crippen LogP contribution in [0, 0.1) is 0 Å². The lowest BCUT2D eigenvalue weighted by atomic mass is 10.2. The van der Waals surface area contributed by atoms with Gasteiger partial charge in [-0.1, -0.05) is 17.7 Å². The average Bonchev–Trinajstić information content (AvgIpc) is 3.08. The fourth-order valence-corrected chi connectivity index (χ4v) is 3.01. The lowest BCUT2D eigenvalue weighted by molar-refractivity contribution is -0.114. The second-order valence-electron chi connectivity index (χ2n) is 5.08. The maximum atomic E-state index is 12.4. The summed E-state index contributed by atoms with van der Waals surface area (Å²) >= 11 is 7.36. The Morgan fingerprint density at radius 1 is 1.16 bits per heavy atom. The van der Waals surface area contributed by atoms with Gasteiger partial charge in [0.05, 0.1) is 16.4 Å². The van der Waals surface area contributed by atoms with Crippen molar-refractivity contribution >= 4 is 46.1 Å². The Hall–Kier alpha value is -2.77. The van der Waals surface area contributed by atoms with E-state index in [4.69, 9.17) is 11.6 Å². The Morgan fingerprint density at radius 2 is 2.00 bits per heavy atom. The molecule has 2 heterocycles. The molecule has 0 saturated carbocycles. The standard InChI is InChI=1S/C17H13ClN4O2S/c1-10(23)20-14-8-11(5-6-12(14)18)21-16(24)15-9-25-17(22-15)13-4-2-3-7-19-13/h2-9H,1H3,(H,20,23)(H,21,24). The van der Waals surface area contributed by atoms with Crippen LogP contribution in [0.4, 0.5) is 11.4 Å². The summed E-state index contributed by atoms with van der Waals surface area (Å²) < 4.78 is 0. The SMILES string of the molecule is CC(=O)Nc1cc(NC(=O)c2csc(-c3ccccn3)n2)ccc1Cl. The van der Waals surface area contributed by atoms with Crippen LogP contribution in [0.3, 0.4) is 0 Å². The number of hydrogen-bond donors (Lipinski definition) is 2. The van der Waals surface area contributed by atoms with E-state index in [1.807, 2.05) is 18.2 Å². The Balaban J connectivity index is 1.77. The van der Waals surface area contributed by atoms with Crippen LogP contribution >= 0.6 is 22.9 Å². The van der Waals surface area contributed by atoms with Crippen molar-refractivity contribution in [3.63, 3.8) is 0 Å². The zero-order valence-corrected chi connectivity index (χ0v) is 14.7. The van der Waals surface area contributed by atoms with Gasteiger partial charge in [0, 0.05) is 24.2 Å². The van der Waals surface area contributed by atoms with Crippen molar-refractivity contribution < 1.29 is 9.59 Å². The first kappa shape index (κ1) is 17.1. The number of carbonyl (C=O) groups is 2. The molecule has 8 heteroatoms. The first-order valence-electron chi connectivity index (χ1n) is 7.28. The first-order chi connectivity index (χ1) is 12.0. The van der Waals surface area contributed by atoms with Crippen LogP contribution in [-0.4, -0.2) is 21.8 Å². The van der Waals surface area contributed by atoms with Crippen molar-refractivity contribution in [2.75, 3.05) is 10.6 Å². The van der Waals surface area contributed by atoms with Gasteiger partial charge in [-0.25, -0.2) is 4.98 Å². The third-order valence-electron chi connectivity index (χ3n) is 3.16. The number of anilines is 2. The lowest BCUT2D eigenvalue weighted by Gasteiger charge is -2.08. The molecule has 0 aliphatic rings. The van der Waals surface area contributed by atoms with Crippen LogP contribution < -0.4 is 10.6 Å². The number of rotatable bonds is 4. The number of amides is 2. The van der Waals surface area contributed by atoms with Crippen LogP contribution in [0.15, 0.2) is 48.0 Å². The van der Waals surface area contributed by atoms with Crippen LogP contribution in [0.5, 0.6) is 0 Å². The number of halogens is 1. The fraction of sp³-hybridized carbons (Fsp3) is 0.0588. The second-order valence-corrected chi connectivity index (χ2v) is 6.35. The molecule has 2 aromatic heterocycles. The molecule has 0 aliphatic heterocycles. The monoisotopic (exact) mass is 372 g/mol. The summed E-state index contributed by atoms with van der Waals surface area (Å²) in [6.07, 6.45) is 1.67. The number of pyridine rings is 1. The summed E-state index contributed by atoms with van der Waals surface area (Å²) in [7, 11) is 0. The molecule has 0 fully saturated rings. The minimum absolute atomic E-state index is 0.245. The van der Waals surface area contributed by atoms with Gasteiger partial charge in [-0.2, -0.15) is 0 Å². The largest absolute Gasteiger partial charge is 0.325 e. The van der Waals surface area contributed by atoms with E-state index in [0.29, 0.717) is 32.8 Å². The van der Waals surface area contributed by atoms with Crippen molar-refractivity contribution in [1.29, 1.82) is 0 Å². The van der Waals surface area contributed by atoms with Crippen molar-refractivity contribution in [2.24, 2.45) is 0 Å². The van der Waals surface area contributed by atoms with Gasteiger partial charge in [0.25, 0.3) is 5.91 Å². The van der Waals surface area contributed by atoms with E-state index < -0.39 is 0 Å². The maximum Gasteiger partial charge on any atom is 0.275 e. The van der Waals surface area contributed by atoms with E-state index in [0.717, 1.165) is 0 Å². The molecule has 25 heavy (non-hydrogen) atoms. The van der Waals surface area contributed by atoms with Gasteiger partial charge in [-0.15, -0.1) is 11.3 Å².